The molecule has 0 aromatic heterocycles. The summed E-state index contributed by atoms with van der Waals surface area (Å²) in [5.41, 5.74) is 0.386. The number of ether oxygens (including phenoxy) is 1. The van der Waals surface area contributed by atoms with E-state index in [-0.39, 0.29) is 11.1 Å². The van der Waals surface area contributed by atoms with Gasteiger partial charge in [0, 0.05) is 6.54 Å². The minimum Gasteiger partial charge on any atom is -0.504 e. The molecule has 1 atom stereocenters. The van der Waals surface area contributed by atoms with Crippen LogP contribution in [0.15, 0.2) is 6.07 Å². The number of esters is 1. The Morgan fingerprint density at radius 1 is 1.09 bits per heavy atom. The highest BCUT2D eigenvalue weighted by molar-refractivity contribution is 5.96. The monoisotopic (exact) mass is 323 g/mol. The van der Waals surface area contributed by atoms with Crippen molar-refractivity contribution < 1.29 is 24.9 Å². The molecule has 0 amide bonds. The molecule has 0 aliphatic carbocycles. The lowest BCUT2D eigenvalue weighted by molar-refractivity contribution is 0.0287. The van der Waals surface area contributed by atoms with Crippen LogP contribution in [0.4, 0.5) is 0 Å². The van der Waals surface area contributed by atoms with Crippen LogP contribution in [0.25, 0.3) is 0 Å². The van der Waals surface area contributed by atoms with Crippen LogP contribution in [0, 0.1) is 0 Å². The summed E-state index contributed by atoms with van der Waals surface area (Å²) in [6.07, 6.45) is 3.61. The molecule has 128 valence electrons. The Kier molecular flexibility index (Phi) is 5.71. The van der Waals surface area contributed by atoms with Crippen LogP contribution in [0.1, 0.15) is 61.6 Å². The average molecular weight is 323 g/mol. The molecule has 0 spiro atoms. The van der Waals surface area contributed by atoms with E-state index in [1.807, 2.05) is 0 Å². The summed E-state index contributed by atoms with van der Waals surface area (Å²) in [4.78, 5) is 14.2. The van der Waals surface area contributed by atoms with E-state index in [4.69, 9.17) is 4.74 Å². The molecule has 1 aliphatic rings. The van der Waals surface area contributed by atoms with Gasteiger partial charge in [0.1, 0.15) is 6.10 Å². The van der Waals surface area contributed by atoms with Crippen LogP contribution in [0.2, 0.25) is 0 Å². The molecular weight excluding hydrogens is 298 g/mol. The molecule has 1 heterocycles. The third-order valence-electron chi connectivity index (χ3n) is 4.16. The Labute approximate surface area is 136 Å². The zero-order chi connectivity index (χ0) is 17.0. The quantitative estimate of drug-likeness (QED) is 0.503. The summed E-state index contributed by atoms with van der Waals surface area (Å²) >= 11 is 0. The van der Waals surface area contributed by atoms with Gasteiger partial charge >= 0.3 is 5.97 Å². The SMILES string of the molecule is CCCCN(CCCC)C[C@@H]1OC(=O)c2cc(O)c(O)c(O)c21. The van der Waals surface area contributed by atoms with Crippen molar-refractivity contribution in [3.8, 4) is 17.2 Å². The van der Waals surface area contributed by atoms with Crippen LogP contribution in [0.3, 0.4) is 0 Å². The van der Waals surface area contributed by atoms with Gasteiger partial charge in [-0.15, -0.1) is 0 Å². The Morgan fingerprint density at radius 3 is 2.26 bits per heavy atom. The predicted octanol–water partition coefficient (Wildman–Crippen LogP) is 2.92. The van der Waals surface area contributed by atoms with Crippen molar-refractivity contribution in [3.05, 3.63) is 17.2 Å². The average Bonchev–Trinajstić information content (AvgIpc) is 2.83. The van der Waals surface area contributed by atoms with Gasteiger partial charge < -0.3 is 20.1 Å². The van der Waals surface area contributed by atoms with E-state index in [2.05, 4.69) is 18.7 Å². The molecule has 0 saturated carbocycles. The molecule has 6 heteroatoms. The lowest BCUT2D eigenvalue weighted by Gasteiger charge is -2.25. The number of hydrogen-bond acceptors (Lipinski definition) is 6. The van der Waals surface area contributed by atoms with Crippen LogP contribution < -0.4 is 0 Å². The lowest BCUT2D eigenvalue weighted by Crippen LogP contribution is -2.31. The zero-order valence-corrected chi connectivity index (χ0v) is 13.7. The molecule has 6 nitrogen and oxygen atoms in total. The number of carbonyl (C=O) groups is 1. The highest BCUT2D eigenvalue weighted by Gasteiger charge is 2.37. The van der Waals surface area contributed by atoms with Crippen molar-refractivity contribution in [2.24, 2.45) is 0 Å². The maximum Gasteiger partial charge on any atom is 0.339 e. The molecule has 23 heavy (non-hydrogen) atoms. The number of rotatable bonds is 8. The highest BCUT2D eigenvalue weighted by atomic mass is 16.6. The number of carbonyl (C=O) groups excluding carboxylic acids is 1. The fourth-order valence-corrected chi connectivity index (χ4v) is 2.83. The minimum absolute atomic E-state index is 0.119. The summed E-state index contributed by atoms with van der Waals surface area (Å²) in [5, 5.41) is 29.4. The van der Waals surface area contributed by atoms with Gasteiger partial charge in [0.05, 0.1) is 11.1 Å². The number of aromatic hydroxyl groups is 3. The van der Waals surface area contributed by atoms with Crippen molar-refractivity contribution in [1.29, 1.82) is 0 Å². The van der Waals surface area contributed by atoms with Gasteiger partial charge in [0.2, 0.25) is 5.75 Å². The molecule has 2 rings (SSSR count). The van der Waals surface area contributed by atoms with Crippen molar-refractivity contribution in [2.45, 2.75) is 45.6 Å². The fraction of sp³-hybridized carbons (Fsp3) is 0.588. The number of nitrogens with zero attached hydrogens (tertiary/aromatic N) is 1. The molecule has 1 aliphatic heterocycles. The van der Waals surface area contributed by atoms with Crippen molar-refractivity contribution >= 4 is 5.97 Å². The van der Waals surface area contributed by atoms with Crippen LogP contribution in [0.5, 0.6) is 17.2 Å². The Hall–Kier alpha value is -1.95. The Balaban J connectivity index is 2.22. The van der Waals surface area contributed by atoms with Crippen LogP contribution >= 0.6 is 0 Å². The van der Waals surface area contributed by atoms with E-state index in [9.17, 15) is 20.1 Å². The van der Waals surface area contributed by atoms with E-state index in [1.54, 1.807) is 0 Å². The Morgan fingerprint density at radius 2 is 1.70 bits per heavy atom. The van der Waals surface area contributed by atoms with Gasteiger partial charge in [-0.3, -0.25) is 4.90 Å². The summed E-state index contributed by atoms with van der Waals surface area (Å²) in [6.45, 7) is 6.50. The molecule has 0 radical (unpaired) electrons. The summed E-state index contributed by atoms with van der Waals surface area (Å²) in [7, 11) is 0. The summed E-state index contributed by atoms with van der Waals surface area (Å²) in [6, 6.07) is 1.15. The van der Waals surface area contributed by atoms with E-state index < -0.39 is 29.3 Å². The van der Waals surface area contributed by atoms with E-state index >= 15 is 0 Å². The van der Waals surface area contributed by atoms with Crippen molar-refractivity contribution in [2.75, 3.05) is 19.6 Å². The topological polar surface area (TPSA) is 90.2 Å². The molecular formula is C17H25NO5. The largest absolute Gasteiger partial charge is 0.504 e. The second kappa shape index (κ2) is 7.55. The fourth-order valence-electron chi connectivity index (χ4n) is 2.83. The molecule has 1 aromatic carbocycles. The summed E-state index contributed by atoms with van der Waals surface area (Å²) < 4.78 is 5.35. The van der Waals surface area contributed by atoms with E-state index in [1.165, 1.54) is 0 Å². The maximum atomic E-state index is 12.0. The number of fused-ring (bicyclic) bond motifs is 1. The van der Waals surface area contributed by atoms with Crippen molar-refractivity contribution in [1.82, 2.24) is 4.90 Å². The first-order valence-corrected chi connectivity index (χ1v) is 8.20. The number of phenols is 3. The Bertz CT molecular complexity index is 565. The minimum atomic E-state index is -0.627. The van der Waals surface area contributed by atoms with Gasteiger partial charge in [-0.05, 0) is 32.0 Å². The zero-order valence-electron chi connectivity index (χ0n) is 13.7. The predicted molar refractivity (Wildman–Crippen MR) is 85.8 cm³/mol. The highest BCUT2D eigenvalue weighted by Crippen LogP contribution is 2.46. The number of benzene rings is 1. The third-order valence-corrected chi connectivity index (χ3v) is 4.16. The van der Waals surface area contributed by atoms with Gasteiger partial charge in [-0.25, -0.2) is 4.79 Å². The normalized spacial score (nSPS) is 16.7. The van der Waals surface area contributed by atoms with Gasteiger partial charge in [-0.2, -0.15) is 0 Å². The number of unbranched alkanes of at least 4 members (excludes halogenated alkanes) is 2. The molecule has 3 N–H and O–H groups in total. The molecule has 0 saturated heterocycles. The number of hydrogen-bond donors (Lipinski definition) is 3. The van der Waals surface area contributed by atoms with Crippen molar-refractivity contribution in [3.63, 3.8) is 0 Å². The first-order chi connectivity index (χ1) is 11.0. The smallest absolute Gasteiger partial charge is 0.339 e. The second-order valence-electron chi connectivity index (χ2n) is 5.96. The third kappa shape index (κ3) is 3.69. The first kappa shape index (κ1) is 17.4. The second-order valence-corrected chi connectivity index (χ2v) is 5.96. The van der Waals surface area contributed by atoms with Crippen LogP contribution in [-0.2, 0) is 4.74 Å². The molecule has 0 bridgehead atoms. The summed E-state index contributed by atoms with van der Waals surface area (Å²) in [5.74, 6) is -2.18. The number of cyclic esters (lactones) is 1. The van der Waals surface area contributed by atoms with Gasteiger partial charge in [-0.1, -0.05) is 26.7 Å². The molecule has 1 aromatic rings. The first-order valence-electron chi connectivity index (χ1n) is 8.20. The molecule has 0 unspecified atom stereocenters. The lowest BCUT2D eigenvalue weighted by atomic mass is 10.0. The maximum absolute atomic E-state index is 12.0. The van der Waals surface area contributed by atoms with Crippen LogP contribution in [-0.4, -0.2) is 45.8 Å². The van der Waals surface area contributed by atoms with E-state index in [0.29, 0.717) is 6.54 Å². The van der Waals surface area contributed by atoms with E-state index in [0.717, 1.165) is 44.8 Å². The standard InChI is InChI=1S/C17H25NO5/c1-3-5-7-18(8-6-4-2)10-13-14-11(17(22)23-13)9-12(19)15(20)16(14)21/h9,13,19-21H,3-8,10H2,1-2H3/t13-/m0/s1. The van der Waals surface area contributed by atoms with Gasteiger partial charge in [0.25, 0.3) is 0 Å². The molecule has 0 fully saturated rings. The van der Waals surface area contributed by atoms with Gasteiger partial charge in [0.15, 0.2) is 11.5 Å². The number of phenolic OH excluding ortho intramolecular Hbond substituents is 3.